The minimum Gasteiger partial charge on any atom is -0.494 e. The number of aromatic nitrogens is 3. The minimum atomic E-state index is -0.0731. The Balaban J connectivity index is 1.48. The second kappa shape index (κ2) is 7.57. The molecular formula is C20H20N4O3. The van der Waals surface area contributed by atoms with Gasteiger partial charge in [0.1, 0.15) is 5.75 Å². The molecule has 3 aromatic rings. The summed E-state index contributed by atoms with van der Waals surface area (Å²) < 4.78 is 11.0. The van der Waals surface area contributed by atoms with Crippen molar-refractivity contribution in [3.63, 3.8) is 0 Å². The lowest BCUT2D eigenvalue weighted by molar-refractivity contribution is -0.128. The van der Waals surface area contributed by atoms with Crippen LogP contribution in [0.4, 0.5) is 0 Å². The zero-order valence-corrected chi connectivity index (χ0v) is 15.0. The van der Waals surface area contributed by atoms with E-state index in [-0.39, 0.29) is 11.8 Å². The van der Waals surface area contributed by atoms with Crippen molar-refractivity contribution in [2.75, 3.05) is 13.2 Å². The van der Waals surface area contributed by atoms with Gasteiger partial charge in [-0.1, -0.05) is 23.4 Å². The Bertz CT molecular complexity index is 926. The average molecular weight is 364 g/mol. The lowest BCUT2D eigenvalue weighted by Crippen LogP contribution is -2.24. The molecule has 27 heavy (non-hydrogen) atoms. The number of pyridine rings is 1. The zero-order chi connectivity index (χ0) is 18.6. The Morgan fingerprint density at radius 2 is 2.04 bits per heavy atom. The minimum absolute atomic E-state index is 0.0731. The second-order valence-electron chi connectivity index (χ2n) is 6.41. The van der Waals surface area contributed by atoms with Gasteiger partial charge in [-0.25, -0.2) is 0 Å². The predicted molar refractivity (Wildman–Crippen MR) is 97.9 cm³/mol. The first kappa shape index (κ1) is 17.2. The van der Waals surface area contributed by atoms with Crippen LogP contribution < -0.4 is 4.74 Å². The first-order chi connectivity index (χ1) is 13.2. The molecule has 7 heteroatoms. The van der Waals surface area contributed by atoms with Gasteiger partial charge in [-0.05, 0) is 25.1 Å². The molecule has 1 fully saturated rings. The summed E-state index contributed by atoms with van der Waals surface area (Å²) >= 11 is 0. The quantitative estimate of drug-likeness (QED) is 0.669. The van der Waals surface area contributed by atoms with E-state index in [2.05, 4.69) is 15.1 Å². The molecule has 0 spiro atoms. The number of para-hydroxylation sites is 1. The van der Waals surface area contributed by atoms with Gasteiger partial charge in [-0.3, -0.25) is 9.78 Å². The molecule has 2 aromatic heterocycles. The molecule has 0 N–H and O–H groups in total. The van der Waals surface area contributed by atoms with Crippen molar-refractivity contribution in [2.45, 2.75) is 25.8 Å². The summed E-state index contributed by atoms with van der Waals surface area (Å²) in [5.41, 5.74) is 1.81. The van der Waals surface area contributed by atoms with Gasteiger partial charge < -0.3 is 14.2 Å². The molecule has 1 aromatic carbocycles. The Kier molecular flexibility index (Phi) is 4.82. The maximum absolute atomic E-state index is 12.5. The molecule has 1 aliphatic rings. The molecule has 1 saturated heterocycles. The molecule has 1 amide bonds. The molecular weight excluding hydrogens is 344 g/mol. The molecule has 1 atom stereocenters. The van der Waals surface area contributed by atoms with Gasteiger partial charge in [0, 0.05) is 48.9 Å². The van der Waals surface area contributed by atoms with E-state index in [1.165, 1.54) is 0 Å². The summed E-state index contributed by atoms with van der Waals surface area (Å²) in [5.74, 6) is 1.84. The maximum atomic E-state index is 12.5. The highest BCUT2D eigenvalue weighted by atomic mass is 16.5. The highest BCUT2D eigenvalue weighted by Gasteiger charge is 2.34. The molecule has 0 bridgehead atoms. The number of rotatable bonds is 6. The van der Waals surface area contributed by atoms with Gasteiger partial charge in [-0.15, -0.1) is 0 Å². The van der Waals surface area contributed by atoms with Gasteiger partial charge in [0.15, 0.2) is 5.82 Å². The monoisotopic (exact) mass is 364 g/mol. The lowest BCUT2D eigenvalue weighted by atomic mass is 10.1. The molecule has 138 valence electrons. The summed E-state index contributed by atoms with van der Waals surface area (Å²) in [6, 6.07) is 11.4. The fraction of sp³-hybridized carbons (Fsp3) is 0.300. The number of likely N-dealkylation sites (tertiary alicyclic amines) is 1. The van der Waals surface area contributed by atoms with E-state index in [4.69, 9.17) is 9.26 Å². The molecule has 0 saturated carbocycles. The van der Waals surface area contributed by atoms with Crippen LogP contribution in [0.1, 0.15) is 30.7 Å². The highest BCUT2D eigenvalue weighted by Crippen LogP contribution is 2.30. The SMILES string of the molecule is CCOc1ccccc1CN1CC(c2noc(-c3ccncc3)n2)CC1=O. The Hall–Kier alpha value is -3.22. The van der Waals surface area contributed by atoms with E-state index in [0.717, 1.165) is 16.9 Å². The van der Waals surface area contributed by atoms with E-state index in [1.807, 2.05) is 48.2 Å². The summed E-state index contributed by atoms with van der Waals surface area (Å²) in [5, 5.41) is 4.09. The summed E-state index contributed by atoms with van der Waals surface area (Å²) in [7, 11) is 0. The first-order valence-corrected chi connectivity index (χ1v) is 8.97. The number of amides is 1. The second-order valence-corrected chi connectivity index (χ2v) is 6.41. The van der Waals surface area contributed by atoms with Crippen molar-refractivity contribution in [2.24, 2.45) is 0 Å². The molecule has 0 aliphatic carbocycles. The van der Waals surface area contributed by atoms with E-state index in [9.17, 15) is 4.79 Å². The van der Waals surface area contributed by atoms with Crippen molar-refractivity contribution in [3.05, 3.63) is 60.2 Å². The number of benzene rings is 1. The van der Waals surface area contributed by atoms with Crippen LogP contribution >= 0.6 is 0 Å². The van der Waals surface area contributed by atoms with Crippen molar-refractivity contribution >= 4 is 5.91 Å². The normalized spacial score (nSPS) is 16.7. The fourth-order valence-electron chi connectivity index (χ4n) is 3.25. The van der Waals surface area contributed by atoms with Crippen LogP contribution in [-0.4, -0.2) is 39.1 Å². The number of ether oxygens (including phenoxy) is 1. The predicted octanol–water partition coefficient (Wildman–Crippen LogP) is 3.05. The number of carbonyl (C=O) groups excluding carboxylic acids is 1. The average Bonchev–Trinajstić information content (AvgIpc) is 3.32. The molecule has 0 radical (unpaired) electrons. The molecule has 7 nitrogen and oxygen atoms in total. The molecule has 3 heterocycles. The number of nitrogens with zero attached hydrogens (tertiary/aromatic N) is 4. The molecule has 1 unspecified atom stereocenters. The van der Waals surface area contributed by atoms with E-state index in [1.54, 1.807) is 12.4 Å². The Morgan fingerprint density at radius 3 is 2.85 bits per heavy atom. The first-order valence-electron chi connectivity index (χ1n) is 8.97. The van der Waals surface area contributed by atoms with Crippen molar-refractivity contribution in [1.29, 1.82) is 0 Å². The third-order valence-electron chi connectivity index (χ3n) is 4.58. The number of hydrogen-bond acceptors (Lipinski definition) is 6. The maximum Gasteiger partial charge on any atom is 0.258 e. The third-order valence-corrected chi connectivity index (χ3v) is 4.58. The van der Waals surface area contributed by atoms with Crippen LogP contribution in [0, 0.1) is 0 Å². The standard InChI is InChI=1S/C20H20N4O3/c1-2-26-17-6-4-3-5-15(17)12-24-13-16(11-18(24)25)19-22-20(27-23-19)14-7-9-21-10-8-14/h3-10,16H,2,11-13H2,1H3. The lowest BCUT2D eigenvalue weighted by Gasteiger charge is -2.18. The van der Waals surface area contributed by atoms with Gasteiger partial charge >= 0.3 is 0 Å². The van der Waals surface area contributed by atoms with E-state index < -0.39 is 0 Å². The Labute approximate surface area is 157 Å². The van der Waals surface area contributed by atoms with Crippen LogP contribution in [0.25, 0.3) is 11.5 Å². The van der Waals surface area contributed by atoms with Crippen molar-refractivity contribution in [3.8, 4) is 17.2 Å². The smallest absolute Gasteiger partial charge is 0.258 e. The van der Waals surface area contributed by atoms with Crippen LogP contribution in [0.2, 0.25) is 0 Å². The molecule has 4 rings (SSSR count). The summed E-state index contributed by atoms with van der Waals surface area (Å²) in [6.45, 7) is 3.62. The van der Waals surface area contributed by atoms with E-state index in [0.29, 0.717) is 37.8 Å². The number of carbonyl (C=O) groups is 1. The largest absolute Gasteiger partial charge is 0.494 e. The van der Waals surface area contributed by atoms with Gasteiger partial charge in [0.05, 0.1) is 6.61 Å². The third kappa shape index (κ3) is 3.67. The van der Waals surface area contributed by atoms with Gasteiger partial charge in [0.2, 0.25) is 5.91 Å². The van der Waals surface area contributed by atoms with Crippen LogP contribution in [-0.2, 0) is 11.3 Å². The fourth-order valence-corrected chi connectivity index (χ4v) is 3.25. The van der Waals surface area contributed by atoms with Gasteiger partial charge in [-0.2, -0.15) is 4.98 Å². The van der Waals surface area contributed by atoms with Crippen LogP contribution in [0.3, 0.4) is 0 Å². The van der Waals surface area contributed by atoms with Crippen molar-refractivity contribution in [1.82, 2.24) is 20.0 Å². The van der Waals surface area contributed by atoms with Crippen LogP contribution in [0.15, 0.2) is 53.3 Å². The van der Waals surface area contributed by atoms with E-state index >= 15 is 0 Å². The number of hydrogen-bond donors (Lipinski definition) is 0. The van der Waals surface area contributed by atoms with Crippen LogP contribution in [0.5, 0.6) is 5.75 Å². The van der Waals surface area contributed by atoms with Crippen molar-refractivity contribution < 1.29 is 14.1 Å². The zero-order valence-electron chi connectivity index (χ0n) is 15.0. The topological polar surface area (TPSA) is 81.3 Å². The van der Waals surface area contributed by atoms with Gasteiger partial charge in [0.25, 0.3) is 5.89 Å². The summed E-state index contributed by atoms with van der Waals surface area (Å²) in [6.07, 6.45) is 3.73. The highest BCUT2D eigenvalue weighted by molar-refractivity contribution is 5.79. The molecule has 1 aliphatic heterocycles. The summed E-state index contributed by atoms with van der Waals surface area (Å²) in [4.78, 5) is 22.8. The Morgan fingerprint density at radius 1 is 1.22 bits per heavy atom.